The van der Waals surface area contributed by atoms with Crippen molar-refractivity contribution in [2.75, 3.05) is 6.61 Å². The Labute approximate surface area is 160 Å². The fourth-order valence-electron chi connectivity index (χ4n) is 2.91. The summed E-state index contributed by atoms with van der Waals surface area (Å²) in [7, 11) is 0. The van der Waals surface area contributed by atoms with Gasteiger partial charge < -0.3 is 15.2 Å². The summed E-state index contributed by atoms with van der Waals surface area (Å²) in [5.41, 5.74) is 3.47. The number of benzene rings is 2. The number of carbonyl (C=O) groups is 2. The SMILES string of the molecule is O=C(O)Cc1ccc(N=C2NC(=O)C(=Cc3ccc4c(c3)CCO4)S2)cc1. The molecule has 6 nitrogen and oxygen atoms in total. The normalized spacial score (nSPS) is 18.4. The van der Waals surface area contributed by atoms with E-state index in [4.69, 9.17) is 9.84 Å². The molecule has 27 heavy (non-hydrogen) atoms. The van der Waals surface area contributed by atoms with Gasteiger partial charge in [-0.2, -0.15) is 0 Å². The van der Waals surface area contributed by atoms with Crippen LogP contribution in [-0.2, 0) is 22.4 Å². The molecule has 7 heteroatoms. The van der Waals surface area contributed by atoms with Gasteiger partial charge in [0.2, 0.25) is 0 Å². The van der Waals surface area contributed by atoms with Crippen LogP contribution in [0, 0.1) is 0 Å². The average Bonchev–Trinajstić information content (AvgIpc) is 3.22. The second kappa shape index (κ2) is 7.28. The number of carboxylic acid groups (broad SMARTS) is 1. The standard InChI is InChI=1S/C20H16N2O4S/c23-18(24)11-12-1-4-15(5-2-12)21-20-22-19(25)17(27-20)10-13-3-6-16-14(9-13)7-8-26-16/h1-6,9-10H,7-8,11H2,(H,23,24)(H,21,22,25). The van der Waals surface area contributed by atoms with Crippen LogP contribution < -0.4 is 10.1 Å². The maximum Gasteiger partial charge on any atom is 0.307 e. The number of aliphatic carboxylic acids is 1. The summed E-state index contributed by atoms with van der Waals surface area (Å²) in [6, 6.07) is 12.8. The summed E-state index contributed by atoms with van der Waals surface area (Å²) in [4.78, 5) is 27.9. The number of carbonyl (C=O) groups excluding carboxylic acids is 1. The van der Waals surface area contributed by atoms with Crippen LogP contribution in [0.1, 0.15) is 16.7 Å². The van der Waals surface area contributed by atoms with Crippen molar-refractivity contribution < 1.29 is 19.4 Å². The van der Waals surface area contributed by atoms with E-state index in [0.717, 1.165) is 23.3 Å². The molecule has 0 aromatic heterocycles. The Morgan fingerprint density at radius 2 is 2.07 bits per heavy atom. The van der Waals surface area contributed by atoms with Gasteiger partial charge in [-0.15, -0.1) is 0 Å². The van der Waals surface area contributed by atoms with Gasteiger partial charge in [-0.25, -0.2) is 4.99 Å². The molecule has 4 rings (SSSR count). The molecule has 2 aromatic rings. The molecule has 0 unspecified atom stereocenters. The van der Waals surface area contributed by atoms with Crippen molar-refractivity contribution in [2.24, 2.45) is 4.99 Å². The van der Waals surface area contributed by atoms with E-state index in [0.29, 0.717) is 27.9 Å². The molecule has 0 saturated carbocycles. The van der Waals surface area contributed by atoms with Crippen molar-refractivity contribution in [3.05, 3.63) is 64.1 Å². The highest BCUT2D eigenvalue weighted by molar-refractivity contribution is 8.18. The summed E-state index contributed by atoms with van der Waals surface area (Å²) >= 11 is 1.28. The number of ether oxygens (including phenoxy) is 1. The lowest BCUT2D eigenvalue weighted by Crippen LogP contribution is -2.19. The third-order valence-electron chi connectivity index (χ3n) is 4.18. The first kappa shape index (κ1) is 17.4. The number of amidine groups is 1. The topological polar surface area (TPSA) is 88.0 Å². The van der Waals surface area contributed by atoms with E-state index < -0.39 is 5.97 Å². The van der Waals surface area contributed by atoms with E-state index in [1.54, 1.807) is 24.3 Å². The molecule has 1 saturated heterocycles. The number of nitrogens with zero attached hydrogens (tertiary/aromatic N) is 1. The molecular formula is C20H16N2O4S. The minimum atomic E-state index is -0.874. The Kier molecular flexibility index (Phi) is 4.68. The zero-order chi connectivity index (χ0) is 18.8. The van der Waals surface area contributed by atoms with Crippen LogP contribution in [0.15, 0.2) is 52.4 Å². The number of amides is 1. The molecule has 0 atom stereocenters. The first-order chi connectivity index (χ1) is 13.1. The van der Waals surface area contributed by atoms with Crippen molar-refractivity contribution in [2.45, 2.75) is 12.8 Å². The fourth-order valence-corrected chi connectivity index (χ4v) is 3.75. The minimum absolute atomic E-state index is 0.0267. The second-order valence-electron chi connectivity index (χ2n) is 6.18. The number of rotatable bonds is 4. The molecule has 2 aromatic carbocycles. The molecule has 136 valence electrons. The average molecular weight is 380 g/mol. The van der Waals surface area contributed by atoms with Gasteiger partial charge in [0.25, 0.3) is 5.91 Å². The van der Waals surface area contributed by atoms with Crippen LogP contribution >= 0.6 is 11.8 Å². The maximum atomic E-state index is 12.2. The van der Waals surface area contributed by atoms with Gasteiger partial charge >= 0.3 is 5.97 Å². The van der Waals surface area contributed by atoms with Gasteiger partial charge in [0.05, 0.1) is 23.6 Å². The van der Waals surface area contributed by atoms with Crippen molar-refractivity contribution >= 4 is 40.6 Å². The Balaban J connectivity index is 1.50. The van der Waals surface area contributed by atoms with Crippen molar-refractivity contribution in [3.63, 3.8) is 0 Å². The van der Waals surface area contributed by atoms with Gasteiger partial charge in [0, 0.05) is 6.42 Å². The zero-order valence-corrected chi connectivity index (χ0v) is 15.1. The Bertz CT molecular complexity index is 980. The van der Waals surface area contributed by atoms with Gasteiger partial charge in [-0.05, 0) is 58.8 Å². The number of hydrogen-bond donors (Lipinski definition) is 2. The summed E-state index contributed by atoms with van der Waals surface area (Å²) in [6.07, 6.45) is 2.70. The van der Waals surface area contributed by atoms with Gasteiger partial charge in [0.1, 0.15) is 5.75 Å². The molecule has 2 N–H and O–H groups in total. The number of thioether (sulfide) groups is 1. The lowest BCUT2D eigenvalue weighted by Gasteiger charge is -2.00. The molecule has 2 aliphatic rings. The first-order valence-electron chi connectivity index (χ1n) is 8.43. The predicted molar refractivity (Wildman–Crippen MR) is 104 cm³/mol. The second-order valence-corrected chi connectivity index (χ2v) is 7.21. The van der Waals surface area contributed by atoms with Crippen LogP contribution in [0.25, 0.3) is 6.08 Å². The fraction of sp³-hybridized carbons (Fsp3) is 0.150. The highest BCUT2D eigenvalue weighted by Crippen LogP contribution is 2.31. The monoisotopic (exact) mass is 380 g/mol. The van der Waals surface area contributed by atoms with E-state index in [-0.39, 0.29) is 12.3 Å². The molecule has 2 heterocycles. The molecule has 1 fully saturated rings. The third-order valence-corrected chi connectivity index (χ3v) is 5.09. The zero-order valence-electron chi connectivity index (χ0n) is 14.3. The Hall–Kier alpha value is -3.06. The summed E-state index contributed by atoms with van der Waals surface area (Å²) in [5, 5.41) is 12.1. The molecule has 0 aliphatic carbocycles. The first-order valence-corrected chi connectivity index (χ1v) is 9.24. The van der Waals surface area contributed by atoms with Crippen LogP contribution in [0.4, 0.5) is 5.69 Å². The molecule has 0 spiro atoms. The van der Waals surface area contributed by atoms with Gasteiger partial charge in [0.15, 0.2) is 5.17 Å². The highest BCUT2D eigenvalue weighted by atomic mass is 32.2. The lowest BCUT2D eigenvalue weighted by atomic mass is 10.1. The van der Waals surface area contributed by atoms with Gasteiger partial charge in [-0.1, -0.05) is 18.2 Å². The van der Waals surface area contributed by atoms with Crippen LogP contribution in [0.3, 0.4) is 0 Å². The molecule has 2 aliphatic heterocycles. The number of hydrogen-bond acceptors (Lipinski definition) is 5. The van der Waals surface area contributed by atoms with E-state index in [1.807, 2.05) is 24.3 Å². The number of nitrogens with one attached hydrogen (secondary N) is 1. The minimum Gasteiger partial charge on any atom is -0.493 e. The van der Waals surface area contributed by atoms with Crippen LogP contribution in [0.2, 0.25) is 0 Å². The third kappa shape index (κ3) is 4.03. The van der Waals surface area contributed by atoms with Gasteiger partial charge in [-0.3, -0.25) is 9.59 Å². The summed E-state index contributed by atoms with van der Waals surface area (Å²) in [5.74, 6) is -0.146. The number of aliphatic imine (C=N–C) groups is 1. The van der Waals surface area contributed by atoms with Crippen molar-refractivity contribution in [3.8, 4) is 5.75 Å². The van der Waals surface area contributed by atoms with Crippen molar-refractivity contribution in [1.29, 1.82) is 0 Å². The Morgan fingerprint density at radius 1 is 1.26 bits per heavy atom. The van der Waals surface area contributed by atoms with E-state index in [9.17, 15) is 9.59 Å². The van der Waals surface area contributed by atoms with E-state index >= 15 is 0 Å². The van der Waals surface area contributed by atoms with Crippen molar-refractivity contribution in [1.82, 2.24) is 5.32 Å². The van der Waals surface area contributed by atoms with E-state index in [1.165, 1.54) is 11.8 Å². The quantitative estimate of drug-likeness (QED) is 0.796. The predicted octanol–water partition coefficient (Wildman–Crippen LogP) is 3.14. The summed E-state index contributed by atoms with van der Waals surface area (Å²) in [6.45, 7) is 0.701. The van der Waals surface area contributed by atoms with Crippen LogP contribution in [0.5, 0.6) is 5.75 Å². The van der Waals surface area contributed by atoms with E-state index in [2.05, 4.69) is 10.3 Å². The molecule has 1 amide bonds. The Morgan fingerprint density at radius 3 is 2.85 bits per heavy atom. The number of carboxylic acids is 1. The van der Waals surface area contributed by atoms with Crippen LogP contribution in [-0.4, -0.2) is 28.8 Å². The molecule has 0 radical (unpaired) electrons. The summed E-state index contributed by atoms with van der Waals surface area (Å²) < 4.78 is 5.50. The maximum absolute atomic E-state index is 12.2. The lowest BCUT2D eigenvalue weighted by molar-refractivity contribution is -0.136. The largest absolute Gasteiger partial charge is 0.493 e. The molecule has 0 bridgehead atoms. The molecular weight excluding hydrogens is 364 g/mol. The highest BCUT2D eigenvalue weighted by Gasteiger charge is 2.24. The smallest absolute Gasteiger partial charge is 0.307 e. The number of fused-ring (bicyclic) bond motifs is 1.